The van der Waals surface area contributed by atoms with Crippen molar-refractivity contribution in [3.05, 3.63) is 102 Å². The number of hydrogen-bond acceptors (Lipinski definition) is 4. The average molecular weight is 401 g/mol. The van der Waals surface area contributed by atoms with Gasteiger partial charge in [0.15, 0.2) is 0 Å². The van der Waals surface area contributed by atoms with Crippen LogP contribution in [0.2, 0.25) is 0 Å². The Hall–Kier alpha value is -3.73. The Labute approximate surface area is 175 Å². The van der Waals surface area contributed by atoms with Gasteiger partial charge in [0, 0.05) is 0 Å². The van der Waals surface area contributed by atoms with Crippen molar-refractivity contribution in [2.45, 2.75) is 19.8 Å². The third kappa shape index (κ3) is 5.41. The predicted octanol–water partition coefficient (Wildman–Crippen LogP) is 4.21. The highest BCUT2D eigenvalue weighted by Crippen LogP contribution is 2.19. The Balaban J connectivity index is 1.87. The third-order valence-corrected chi connectivity index (χ3v) is 4.53. The molecule has 0 spiro atoms. The molecule has 0 fully saturated rings. The fraction of sp³-hybridized carbons (Fsp3) is 0.160. The van der Waals surface area contributed by atoms with E-state index in [1.807, 2.05) is 60.7 Å². The number of esters is 1. The molecular weight excluding hydrogens is 378 g/mol. The lowest BCUT2D eigenvalue weighted by Crippen LogP contribution is -2.39. The molecule has 0 bridgehead atoms. The maximum atomic E-state index is 13.1. The van der Waals surface area contributed by atoms with Crippen LogP contribution >= 0.6 is 0 Å². The van der Waals surface area contributed by atoms with Crippen LogP contribution in [-0.4, -0.2) is 24.4 Å². The second-order valence-electron chi connectivity index (χ2n) is 6.71. The minimum Gasteiger partial charge on any atom is -0.462 e. The number of benzene rings is 3. The normalized spacial score (nSPS) is 10.3. The number of imide groups is 1. The molecule has 0 heterocycles. The number of anilines is 1. The van der Waals surface area contributed by atoms with Gasteiger partial charge in [-0.2, -0.15) is 0 Å². The highest BCUT2D eigenvalue weighted by atomic mass is 16.5. The summed E-state index contributed by atoms with van der Waals surface area (Å²) in [5.74, 6) is -1.10. The summed E-state index contributed by atoms with van der Waals surface area (Å²) in [5, 5.41) is 0. The lowest BCUT2D eigenvalue weighted by atomic mass is 10.1. The predicted molar refractivity (Wildman–Crippen MR) is 115 cm³/mol. The van der Waals surface area contributed by atoms with Gasteiger partial charge in [-0.25, -0.2) is 4.79 Å². The summed E-state index contributed by atoms with van der Waals surface area (Å²) in [5.41, 5.74) is 2.43. The molecule has 0 aliphatic heterocycles. The Morgan fingerprint density at radius 3 is 1.60 bits per heavy atom. The molecule has 0 N–H and O–H groups in total. The first-order valence-electron chi connectivity index (χ1n) is 9.79. The van der Waals surface area contributed by atoms with E-state index < -0.39 is 5.97 Å². The van der Waals surface area contributed by atoms with Crippen molar-refractivity contribution in [1.29, 1.82) is 0 Å². The smallest absolute Gasteiger partial charge is 0.338 e. The van der Waals surface area contributed by atoms with E-state index in [2.05, 4.69) is 0 Å². The Morgan fingerprint density at radius 2 is 1.17 bits per heavy atom. The van der Waals surface area contributed by atoms with Crippen molar-refractivity contribution in [2.24, 2.45) is 0 Å². The summed E-state index contributed by atoms with van der Waals surface area (Å²) in [4.78, 5) is 39.3. The zero-order valence-electron chi connectivity index (χ0n) is 16.8. The number of rotatable bonds is 7. The van der Waals surface area contributed by atoms with Crippen molar-refractivity contribution in [3.63, 3.8) is 0 Å². The van der Waals surface area contributed by atoms with Gasteiger partial charge in [-0.1, -0.05) is 60.7 Å². The largest absolute Gasteiger partial charge is 0.462 e. The fourth-order valence-corrected chi connectivity index (χ4v) is 3.09. The van der Waals surface area contributed by atoms with Gasteiger partial charge >= 0.3 is 5.97 Å². The maximum Gasteiger partial charge on any atom is 0.338 e. The second kappa shape index (κ2) is 10.2. The quantitative estimate of drug-likeness (QED) is 0.557. The van der Waals surface area contributed by atoms with Crippen molar-refractivity contribution in [3.8, 4) is 0 Å². The van der Waals surface area contributed by atoms with E-state index in [1.165, 1.54) is 4.90 Å². The van der Waals surface area contributed by atoms with Crippen molar-refractivity contribution in [1.82, 2.24) is 0 Å². The van der Waals surface area contributed by atoms with Crippen LogP contribution in [0.25, 0.3) is 0 Å². The molecule has 0 aliphatic carbocycles. The van der Waals surface area contributed by atoms with Crippen LogP contribution in [0, 0.1) is 0 Å². The first-order chi connectivity index (χ1) is 14.6. The monoisotopic (exact) mass is 401 g/mol. The first-order valence-corrected chi connectivity index (χ1v) is 9.79. The molecule has 0 aliphatic rings. The molecular formula is C25H23NO4. The molecule has 3 rings (SSSR count). The summed E-state index contributed by atoms with van der Waals surface area (Å²) in [6.07, 6.45) is 0.196. The second-order valence-corrected chi connectivity index (χ2v) is 6.71. The number of ether oxygens (including phenoxy) is 1. The minimum absolute atomic E-state index is 0.0982. The average Bonchev–Trinajstić information content (AvgIpc) is 2.76. The molecule has 0 unspecified atom stereocenters. The van der Waals surface area contributed by atoms with Crippen LogP contribution in [-0.2, 0) is 27.2 Å². The standard InChI is InChI=1S/C25H23NO4/c1-2-30-25(29)21-13-15-22(16-14-21)26(23(27)17-19-9-5-3-6-10-19)24(28)18-20-11-7-4-8-12-20/h3-16H,2,17-18H2,1H3. The molecule has 152 valence electrons. The van der Waals surface area contributed by atoms with Gasteiger partial charge in [-0.15, -0.1) is 0 Å². The molecule has 30 heavy (non-hydrogen) atoms. The zero-order chi connectivity index (χ0) is 21.3. The summed E-state index contributed by atoms with van der Waals surface area (Å²) in [6.45, 7) is 2.01. The molecule has 0 saturated carbocycles. The third-order valence-electron chi connectivity index (χ3n) is 4.53. The SMILES string of the molecule is CCOC(=O)c1ccc(N(C(=O)Cc2ccccc2)C(=O)Cc2ccccc2)cc1. The molecule has 5 heteroatoms. The van der Waals surface area contributed by atoms with Gasteiger partial charge in [-0.05, 0) is 42.3 Å². The van der Waals surface area contributed by atoms with Gasteiger partial charge < -0.3 is 4.74 Å². The van der Waals surface area contributed by atoms with Gasteiger partial charge in [0.2, 0.25) is 11.8 Å². The summed E-state index contributed by atoms with van der Waals surface area (Å²) >= 11 is 0. The lowest BCUT2D eigenvalue weighted by molar-refractivity contribution is -0.125. The Bertz CT molecular complexity index is 945. The molecule has 5 nitrogen and oxygen atoms in total. The van der Waals surface area contributed by atoms with Crippen LogP contribution in [0.3, 0.4) is 0 Å². The summed E-state index contributed by atoms with van der Waals surface area (Å²) < 4.78 is 4.99. The molecule has 3 aromatic carbocycles. The molecule has 2 amide bonds. The molecule has 0 saturated heterocycles. The van der Waals surface area contributed by atoms with E-state index in [9.17, 15) is 14.4 Å². The lowest BCUT2D eigenvalue weighted by Gasteiger charge is -2.21. The van der Waals surface area contributed by atoms with Crippen LogP contribution in [0.5, 0.6) is 0 Å². The van der Waals surface area contributed by atoms with E-state index in [0.717, 1.165) is 11.1 Å². The number of amides is 2. The topological polar surface area (TPSA) is 63.7 Å². The Kier molecular flexibility index (Phi) is 7.11. The van der Waals surface area contributed by atoms with Gasteiger partial charge in [0.1, 0.15) is 0 Å². The molecule has 0 radical (unpaired) electrons. The summed E-state index contributed by atoms with van der Waals surface area (Å²) in [6, 6.07) is 24.9. The van der Waals surface area contributed by atoms with E-state index in [-0.39, 0.29) is 31.3 Å². The van der Waals surface area contributed by atoms with E-state index in [4.69, 9.17) is 4.74 Å². The number of carbonyl (C=O) groups is 3. The zero-order valence-corrected chi connectivity index (χ0v) is 16.8. The Morgan fingerprint density at radius 1 is 0.700 bits per heavy atom. The van der Waals surface area contributed by atoms with Gasteiger partial charge in [-0.3, -0.25) is 14.5 Å². The highest BCUT2D eigenvalue weighted by molar-refractivity contribution is 6.16. The van der Waals surface area contributed by atoms with E-state index in [1.54, 1.807) is 31.2 Å². The van der Waals surface area contributed by atoms with E-state index in [0.29, 0.717) is 11.3 Å². The van der Waals surface area contributed by atoms with Crippen molar-refractivity contribution < 1.29 is 19.1 Å². The van der Waals surface area contributed by atoms with Crippen molar-refractivity contribution >= 4 is 23.5 Å². The minimum atomic E-state index is -0.443. The van der Waals surface area contributed by atoms with Gasteiger partial charge in [0.25, 0.3) is 0 Å². The van der Waals surface area contributed by atoms with Crippen LogP contribution in [0.4, 0.5) is 5.69 Å². The number of carbonyl (C=O) groups excluding carboxylic acids is 3. The van der Waals surface area contributed by atoms with E-state index >= 15 is 0 Å². The van der Waals surface area contributed by atoms with Crippen molar-refractivity contribution in [2.75, 3.05) is 11.5 Å². The van der Waals surface area contributed by atoms with Crippen LogP contribution < -0.4 is 4.90 Å². The van der Waals surface area contributed by atoms with Gasteiger partial charge in [0.05, 0.1) is 30.7 Å². The molecule has 3 aromatic rings. The van der Waals surface area contributed by atoms with Crippen LogP contribution in [0.15, 0.2) is 84.9 Å². The summed E-state index contributed by atoms with van der Waals surface area (Å²) in [7, 11) is 0. The molecule has 0 aromatic heterocycles. The maximum absolute atomic E-state index is 13.1. The number of nitrogens with zero attached hydrogens (tertiary/aromatic N) is 1. The highest BCUT2D eigenvalue weighted by Gasteiger charge is 2.24. The molecule has 0 atom stereocenters. The fourth-order valence-electron chi connectivity index (χ4n) is 3.09. The number of hydrogen-bond donors (Lipinski definition) is 0. The first kappa shape index (κ1) is 21.0. The van der Waals surface area contributed by atoms with Crippen LogP contribution in [0.1, 0.15) is 28.4 Å².